The van der Waals surface area contributed by atoms with E-state index in [1.54, 1.807) is 19.9 Å². The molecule has 0 saturated heterocycles. The van der Waals surface area contributed by atoms with Gasteiger partial charge in [-0.05, 0) is 36.5 Å². The van der Waals surface area contributed by atoms with Crippen molar-refractivity contribution in [1.82, 2.24) is 0 Å². The van der Waals surface area contributed by atoms with Crippen LogP contribution in [0, 0.1) is 56.7 Å². The van der Waals surface area contributed by atoms with E-state index in [-0.39, 0.29) is 22.8 Å². The van der Waals surface area contributed by atoms with E-state index in [1.807, 2.05) is 19.1 Å². The molecule has 0 bridgehead atoms. The summed E-state index contributed by atoms with van der Waals surface area (Å²) in [4.78, 5) is 36.3. The lowest BCUT2D eigenvalue weighted by atomic mass is 9.45. The number of allylic oxidation sites excluding steroid dienone is 6. The molecular weight excluding hydrogens is 356 g/mol. The van der Waals surface area contributed by atoms with Gasteiger partial charge in [-0.3, -0.25) is 9.59 Å². The molecule has 0 unspecified atom stereocenters. The molecule has 3 aliphatic carbocycles. The smallest absolute Gasteiger partial charge is 0.381 e. The monoisotopic (exact) mass is 374 g/mol. The van der Waals surface area contributed by atoms with Crippen LogP contribution in [-0.4, -0.2) is 22.6 Å². The molecule has 0 aromatic rings. The molecule has 0 aromatic heterocycles. The maximum absolute atomic E-state index is 12.8. The molecule has 6 nitrogen and oxygen atoms in total. The minimum Gasteiger partial charge on any atom is -0.472 e. The number of fused-ring (bicyclic) bond motifs is 3. The van der Waals surface area contributed by atoms with Crippen molar-refractivity contribution < 1.29 is 19.5 Å². The van der Waals surface area contributed by atoms with Crippen molar-refractivity contribution in [2.45, 2.75) is 33.6 Å². The third-order valence-electron chi connectivity index (χ3n) is 6.32. The predicted octanol–water partition coefficient (Wildman–Crippen LogP) is 2.50. The van der Waals surface area contributed by atoms with Gasteiger partial charge in [0.1, 0.15) is 12.1 Å². The number of carboxylic acids is 1. The zero-order chi connectivity index (χ0) is 20.9. The second-order valence-electron chi connectivity index (χ2n) is 8.21. The standard InChI is InChI=1S/C22H18N2O4/c1-20(2)16-4-6-22(7-5-18(26)27)10-13(11-23)15(25)8-17(22)21(16,3)9-14(12-24)19(20)28/h8-10,16H,4,6H2,1-3H3,(H,26,27)/t16-,21-,22+/m0/s1. The van der Waals surface area contributed by atoms with Crippen molar-refractivity contribution in [2.24, 2.45) is 22.2 Å². The van der Waals surface area contributed by atoms with Crippen LogP contribution in [0.2, 0.25) is 0 Å². The predicted molar refractivity (Wildman–Crippen MR) is 97.9 cm³/mol. The summed E-state index contributed by atoms with van der Waals surface area (Å²) in [6, 6.07) is 3.82. The number of nitrogens with zero attached hydrogens (tertiary/aromatic N) is 2. The number of rotatable bonds is 0. The van der Waals surface area contributed by atoms with E-state index in [0.29, 0.717) is 18.4 Å². The highest BCUT2D eigenvalue weighted by atomic mass is 16.4. The lowest BCUT2D eigenvalue weighted by molar-refractivity contribution is -0.130. The average Bonchev–Trinajstić information content (AvgIpc) is 2.63. The van der Waals surface area contributed by atoms with E-state index in [1.165, 1.54) is 12.2 Å². The largest absolute Gasteiger partial charge is 0.472 e. The Morgan fingerprint density at radius 1 is 1.14 bits per heavy atom. The third kappa shape index (κ3) is 2.52. The number of hydrogen-bond donors (Lipinski definition) is 1. The summed E-state index contributed by atoms with van der Waals surface area (Å²) in [7, 11) is 0. The number of hydrogen-bond acceptors (Lipinski definition) is 5. The van der Waals surface area contributed by atoms with Gasteiger partial charge in [0, 0.05) is 16.8 Å². The van der Waals surface area contributed by atoms with E-state index in [4.69, 9.17) is 5.11 Å². The lowest BCUT2D eigenvalue weighted by Crippen LogP contribution is -2.53. The summed E-state index contributed by atoms with van der Waals surface area (Å²) in [5, 5.41) is 27.8. The molecular formula is C22H18N2O4. The van der Waals surface area contributed by atoms with E-state index >= 15 is 0 Å². The number of aliphatic carboxylic acids is 1. The van der Waals surface area contributed by atoms with Crippen molar-refractivity contribution in [1.29, 1.82) is 10.5 Å². The third-order valence-corrected chi connectivity index (χ3v) is 6.32. The Kier molecular flexibility index (Phi) is 4.17. The van der Waals surface area contributed by atoms with Crippen molar-refractivity contribution in [3.05, 3.63) is 34.9 Å². The Labute approximate surface area is 162 Å². The fraction of sp³-hybridized carbons (Fsp3) is 0.409. The van der Waals surface area contributed by atoms with Crippen LogP contribution in [0.5, 0.6) is 0 Å². The van der Waals surface area contributed by atoms with Crippen LogP contribution in [-0.2, 0) is 14.4 Å². The van der Waals surface area contributed by atoms with Crippen LogP contribution in [0.15, 0.2) is 34.9 Å². The molecule has 6 heteroatoms. The van der Waals surface area contributed by atoms with E-state index in [9.17, 15) is 24.9 Å². The van der Waals surface area contributed by atoms with Crippen LogP contribution in [0.4, 0.5) is 0 Å². The molecule has 3 rings (SSSR count). The van der Waals surface area contributed by atoms with Crippen molar-refractivity contribution in [3.63, 3.8) is 0 Å². The van der Waals surface area contributed by atoms with Crippen LogP contribution in [0.3, 0.4) is 0 Å². The van der Waals surface area contributed by atoms with Crippen molar-refractivity contribution >= 4 is 17.5 Å². The maximum atomic E-state index is 12.8. The van der Waals surface area contributed by atoms with E-state index in [2.05, 4.69) is 11.8 Å². The maximum Gasteiger partial charge on any atom is 0.381 e. The highest BCUT2D eigenvalue weighted by Gasteiger charge is 2.59. The zero-order valence-corrected chi connectivity index (χ0v) is 15.8. The number of nitriles is 2. The summed E-state index contributed by atoms with van der Waals surface area (Å²) in [6.07, 6.45) is 5.29. The first-order valence-electron chi connectivity index (χ1n) is 8.85. The quantitative estimate of drug-likeness (QED) is 0.651. The lowest BCUT2D eigenvalue weighted by Gasteiger charge is -2.56. The molecule has 0 heterocycles. The van der Waals surface area contributed by atoms with Gasteiger partial charge in [0.15, 0.2) is 11.6 Å². The molecule has 0 spiro atoms. The van der Waals surface area contributed by atoms with Gasteiger partial charge in [-0.15, -0.1) is 0 Å². The van der Waals surface area contributed by atoms with Gasteiger partial charge in [0.25, 0.3) is 0 Å². The molecule has 1 saturated carbocycles. The van der Waals surface area contributed by atoms with Crippen LogP contribution in [0.25, 0.3) is 0 Å². The Bertz CT molecular complexity index is 1060. The highest BCUT2D eigenvalue weighted by molar-refractivity contribution is 6.10. The Hall–Kier alpha value is -3.43. The number of carboxylic acid groups (broad SMARTS) is 1. The van der Waals surface area contributed by atoms with Gasteiger partial charge in [-0.2, -0.15) is 10.5 Å². The molecule has 1 fully saturated rings. The molecule has 0 amide bonds. The first-order chi connectivity index (χ1) is 13.0. The summed E-state index contributed by atoms with van der Waals surface area (Å²) < 4.78 is 0. The Balaban J connectivity index is 2.33. The summed E-state index contributed by atoms with van der Waals surface area (Å²) >= 11 is 0. The SMILES string of the molecule is CC1(C)C(=O)C(C#N)=C[C@]2(C)C3=CC(=O)C(C#N)=C[C@]3(C#CC(=O)O)CC[C@@H]12. The molecule has 3 aliphatic rings. The van der Waals surface area contributed by atoms with Crippen molar-refractivity contribution in [3.8, 4) is 24.0 Å². The van der Waals surface area contributed by atoms with Crippen LogP contribution in [0.1, 0.15) is 33.6 Å². The van der Waals surface area contributed by atoms with Gasteiger partial charge in [0.2, 0.25) is 0 Å². The molecule has 0 aliphatic heterocycles. The minimum atomic E-state index is -1.31. The first-order valence-corrected chi connectivity index (χ1v) is 8.85. The second kappa shape index (κ2) is 6.04. The number of carbonyl (C=O) groups excluding carboxylic acids is 2. The Morgan fingerprint density at radius 2 is 1.79 bits per heavy atom. The Morgan fingerprint density at radius 3 is 2.36 bits per heavy atom. The molecule has 0 aromatic carbocycles. The van der Waals surface area contributed by atoms with Gasteiger partial charge in [-0.1, -0.05) is 32.8 Å². The molecule has 3 atom stereocenters. The molecule has 28 heavy (non-hydrogen) atoms. The number of Topliss-reactive ketones (excluding diaryl/α,β-unsaturated/α-hetero) is 1. The van der Waals surface area contributed by atoms with Gasteiger partial charge in [0.05, 0.1) is 16.6 Å². The summed E-state index contributed by atoms with van der Waals surface area (Å²) in [5.41, 5.74) is -2.29. The van der Waals surface area contributed by atoms with Crippen molar-refractivity contribution in [2.75, 3.05) is 0 Å². The van der Waals surface area contributed by atoms with Crippen LogP contribution < -0.4 is 0 Å². The normalized spacial score (nSPS) is 32.8. The summed E-state index contributed by atoms with van der Waals surface area (Å²) in [6.45, 7) is 5.43. The molecule has 1 N–H and O–H groups in total. The fourth-order valence-corrected chi connectivity index (χ4v) is 5.10. The van der Waals surface area contributed by atoms with E-state index < -0.39 is 28.0 Å². The van der Waals surface area contributed by atoms with Gasteiger partial charge >= 0.3 is 5.97 Å². The first kappa shape index (κ1) is 19.3. The second-order valence-corrected chi connectivity index (χ2v) is 8.21. The number of carbonyl (C=O) groups is 3. The van der Waals surface area contributed by atoms with Gasteiger partial charge in [-0.25, -0.2) is 4.79 Å². The number of ketones is 2. The highest BCUT2D eigenvalue weighted by Crippen LogP contribution is 2.63. The zero-order valence-electron chi connectivity index (χ0n) is 15.8. The molecule has 140 valence electrons. The minimum absolute atomic E-state index is 0.0224. The van der Waals surface area contributed by atoms with Gasteiger partial charge < -0.3 is 5.11 Å². The fourth-order valence-electron chi connectivity index (χ4n) is 5.10. The molecule has 0 radical (unpaired) electrons. The topological polar surface area (TPSA) is 119 Å². The summed E-state index contributed by atoms with van der Waals surface area (Å²) in [5.74, 6) is 2.68. The van der Waals surface area contributed by atoms with Crippen LogP contribution >= 0.6 is 0 Å². The average molecular weight is 374 g/mol. The van der Waals surface area contributed by atoms with E-state index in [0.717, 1.165) is 0 Å².